The largest absolute Gasteiger partial charge is 0.271 e. The summed E-state index contributed by atoms with van der Waals surface area (Å²) in [5.74, 6) is -1.86. The molecule has 0 heterocycles. The average molecular weight is 499 g/mol. The zero-order valence-corrected chi connectivity index (χ0v) is 19.6. The van der Waals surface area contributed by atoms with Crippen molar-refractivity contribution in [2.75, 3.05) is 19.3 Å². The SMILES string of the molecule is CCN(CC)S(=O)(=O)c1cccc(C(=O)NNC(=O)c2cc([N+](=O)[O-])cc(S(C)(=O)=O)c2)c1. The van der Waals surface area contributed by atoms with Crippen molar-refractivity contribution in [1.82, 2.24) is 15.2 Å². The number of sulfone groups is 1. The zero-order valence-electron chi connectivity index (χ0n) is 17.9. The van der Waals surface area contributed by atoms with Crippen LogP contribution in [-0.2, 0) is 19.9 Å². The van der Waals surface area contributed by atoms with E-state index in [1.807, 2.05) is 5.43 Å². The van der Waals surface area contributed by atoms with Crippen molar-refractivity contribution >= 4 is 37.4 Å². The van der Waals surface area contributed by atoms with Gasteiger partial charge in [0.2, 0.25) is 10.0 Å². The minimum Gasteiger partial charge on any atom is -0.267 e. The predicted molar refractivity (Wildman–Crippen MR) is 118 cm³/mol. The number of carbonyl (C=O) groups is 2. The molecule has 0 fully saturated rings. The van der Waals surface area contributed by atoms with Crippen LogP contribution in [0.25, 0.3) is 0 Å². The van der Waals surface area contributed by atoms with Crippen LogP contribution in [0.15, 0.2) is 52.3 Å². The molecule has 0 spiro atoms. The third-order valence-electron chi connectivity index (χ3n) is 4.52. The number of nitrogens with zero attached hydrogens (tertiary/aromatic N) is 2. The quantitative estimate of drug-likeness (QED) is 0.402. The van der Waals surface area contributed by atoms with Gasteiger partial charge in [0.05, 0.1) is 14.7 Å². The van der Waals surface area contributed by atoms with Gasteiger partial charge in [0.1, 0.15) is 0 Å². The van der Waals surface area contributed by atoms with Crippen LogP contribution in [0.5, 0.6) is 0 Å². The van der Waals surface area contributed by atoms with Gasteiger partial charge < -0.3 is 0 Å². The minimum atomic E-state index is -3.85. The minimum absolute atomic E-state index is 0.0700. The maximum absolute atomic E-state index is 12.6. The van der Waals surface area contributed by atoms with Gasteiger partial charge >= 0.3 is 0 Å². The second kappa shape index (κ2) is 10.1. The summed E-state index contributed by atoms with van der Waals surface area (Å²) in [6, 6.07) is 7.77. The van der Waals surface area contributed by atoms with Gasteiger partial charge in [-0.2, -0.15) is 4.31 Å². The van der Waals surface area contributed by atoms with Gasteiger partial charge in [-0.15, -0.1) is 0 Å². The summed E-state index contributed by atoms with van der Waals surface area (Å²) in [7, 11) is -7.67. The number of non-ortho nitro benzene ring substituents is 1. The van der Waals surface area contributed by atoms with E-state index in [0.717, 1.165) is 30.5 Å². The van der Waals surface area contributed by atoms with Gasteiger partial charge in [-0.05, 0) is 24.3 Å². The van der Waals surface area contributed by atoms with E-state index in [4.69, 9.17) is 0 Å². The van der Waals surface area contributed by atoms with Crippen LogP contribution in [0.4, 0.5) is 5.69 Å². The maximum Gasteiger partial charge on any atom is 0.271 e. The first kappa shape index (κ1) is 25.9. The van der Waals surface area contributed by atoms with Gasteiger partial charge in [0.15, 0.2) is 9.84 Å². The molecular weight excluding hydrogens is 476 g/mol. The van der Waals surface area contributed by atoms with Crippen LogP contribution in [0.3, 0.4) is 0 Å². The highest BCUT2D eigenvalue weighted by atomic mass is 32.2. The number of benzene rings is 2. The Morgan fingerprint density at radius 3 is 1.97 bits per heavy atom. The van der Waals surface area contributed by atoms with Crippen LogP contribution in [0.1, 0.15) is 34.6 Å². The van der Waals surface area contributed by atoms with Crippen LogP contribution in [0.2, 0.25) is 0 Å². The molecule has 0 aliphatic carbocycles. The molecule has 0 bridgehead atoms. The van der Waals surface area contributed by atoms with Crippen molar-refractivity contribution in [1.29, 1.82) is 0 Å². The number of nitrogens with one attached hydrogen (secondary N) is 2. The molecule has 178 valence electrons. The smallest absolute Gasteiger partial charge is 0.267 e. The number of nitro benzene ring substituents is 1. The lowest BCUT2D eigenvalue weighted by Crippen LogP contribution is -2.41. The molecule has 12 nitrogen and oxygen atoms in total. The molecule has 0 aromatic heterocycles. The molecule has 2 amide bonds. The molecule has 2 N–H and O–H groups in total. The van der Waals surface area contributed by atoms with E-state index in [1.54, 1.807) is 13.8 Å². The number of rotatable bonds is 8. The normalized spacial score (nSPS) is 11.8. The molecule has 0 saturated heterocycles. The average Bonchev–Trinajstić information content (AvgIpc) is 2.77. The first-order valence-electron chi connectivity index (χ1n) is 9.51. The zero-order chi connectivity index (χ0) is 25.0. The number of hydrogen-bond donors (Lipinski definition) is 2. The molecule has 0 atom stereocenters. The fourth-order valence-electron chi connectivity index (χ4n) is 2.80. The van der Waals surface area contributed by atoms with Gasteiger partial charge in [0.25, 0.3) is 17.5 Å². The van der Waals surface area contributed by atoms with Crippen molar-refractivity contribution in [2.24, 2.45) is 0 Å². The summed E-state index contributed by atoms with van der Waals surface area (Å²) < 4.78 is 50.0. The molecule has 33 heavy (non-hydrogen) atoms. The second-order valence-electron chi connectivity index (χ2n) is 6.77. The van der Waals surface area contributed by atoms with Gasteiger partial charge in [-0.25, -0.2) is 16.8 Å². The van der Waals surface area contributed by atoms with Crippen molar-refractivity contribution in [3.8, 4) is 0 Å². The van der Waals surface area contributed by atoms with Crippen LogP contribution in [0, 0.1) is 10.1 Å². The molecule has 2 rings (SSSR count). The molecule has 0 saturated carbocycles. The summed E-state index contributed by atoms with van der Waals surface area (Å²) in [4.78, 5) is 34.5. The van der Waals surface area contributed by atoms with E-state index in [2.05, 4.69) is 5.43 Å². The van der Waals surface area contributed by atoms with Crippen LogP contribution in [-0.4, -0.2) is 57.2 Å². The molecule has 0 aliphatic rings. The van der Waals surface area contributed by atoms with Gasteiger partial charge in [-0.1, -0.05) is 19.9 Å². The molecule has 0 unspecified atom stereocenters. The Morgan fingerprint density at radius 2 is 1.45 bits per heavy atom. The van der Waals surface area contributed by atoms with Crippen molar-refractivity contribution in [3.63, 3.8) is 0 Å². The summed E-state index contributed by atoms with van der Waals surface area (Å²) in [6.07, 6.45) is 0.828. The van der Waals surface area contributed by atoms with Crippen LogP contribution >= 0.6 is 0 Å². The topological polar surface area (TPSA) is 173 Å². The number of nitro groups is 1. The number of amides is 2. The summed E-state index contributed by atoms with van der Waals surface area (Å²) in [6.45, 7) is 3.83. The van der Waals surface area contributed by atoms with Crippen LogP contribution < -0.4 is 10.9 Å². The summed E-state index contributed by atoms with van der Waals surface area (Å²) in [5, 5.41) is 11.1. The fraction of sp³-hybridized carbons (Fsp3) is 0.263. The summed E-state index contributed by atoms with van der Waals surface area (Å²) >= 11 is 0. The number of hydrogen-bond acceptors (Lipinski definition) is 8. The third-order valence-corrected chi connectivity index (χ3v) is 7.66. The predicted octanol–water partition coefficient (Wildman–Crippen LogP) is 1.10. The van der Waals surface area contributed by atoms with Gasteiger partial charge in [0, 0.05) is 42.6 Å². The Balaban J connectivity index is 2.25. The van der Waals surface area contributed by atoms with E-state index >= 15 is 0 Å². The van der Waals surface area contributed by atoms with E-state index in [1.165, 1.54) is 22.5 Å². The molecule has 0 aliphatic heterocycles. The number of carbonyl (C=O) groups excluding carboxylic acids is 2. The number of hydrazine groups is 1. The van der Waals surface area contributed by atoms with E-state index in [9.17, 15) is 36.5 Å². The van der Waals surface area contributed by atoms with Crippen molar-refractivity contribution in [3.05, 3.63) is 63.7 Å². The number of sulfonamides is 1. The molecule has 14 heteroatoms. The highest BCUT2D eigenvalue weighted by Gasteiger charge is 2.23. The van der Waals surface area contributed by atoms with Crippen molar-refractivity contribution in [2.45, 2.75) is 23.6 Å². The highest BCUT2D eigenvalue weighted by Crippen LogP contribution is 2.21. The first-order chi connectivity index (χ1) is 15.3. The third kappa shape index (κ3) is 6.12. The highest BCUT2D eigenvalue weighted by molar-refractivity contribution is 7.90. The van der Waals surface area contributed by atoms with Gasteiger partial charge in [-0.3, -0.25) is 30.6 Å². The fourth-order valence-corrected chi connectivity index (χ4v) is 4.98. The second-order valence-corrected chi connectivity index (χ2v) is 10.7. The Labute approximate surface area is 190 Å². The lowest BCUT2D eigenvalue weighted by atomic mass is 10.2. The first-order valence-corrected chi connectivity index (χ1v) is 12.8. The summed E-state index contributed by atoms with van der Waals surface area (Å²) in [5.41, 5.74) is 3.04. The Hall–Kier alpha value is -3.36. The van der Waals surface area contributed by atoms with E-state index in [0.29, 0.717) is 0 Å². The standard InChI is InChI=1S/C19H22N4O8S2/c1-4-22(5-2)33(30,31)16-8-6-7-13(10-16)18(24)20-21-19(25)14-9-15(23(26)27)12-17(11-14)32(3,28)29/h6-12H,4-5H2,1-3H3,(H,20,24)(H,21,25). The Morgan fingerprint density at radius 1 is 0.909 bits per heavy atom. The molecule has 2 aromatic rings. The van der Waals surface area contributed by atoms with Crippen molar-refractivity contribution < 1.29 is 31.3 Å². The Bertz CT molecular complexity index is 1300. The lowest BCUT2D eigenvalue weighted by molar-refractivity contribution is -0.385. The monoisotopic (exact) mass is 498 g/mol. The molecule has 2 aromatic carbocycles. The Kier molecular flexibility index (Phi) is 7.89. The van der Waals surface area contributed by atoms with E-state index < -0.39 is 47.2 Å². The molecule has 0 radical (unpaired) electrons. The maximum atomic E-state index is 12.6. The lowest BCUT2D eigenvalue weighted by Gasteiger charge is -2.18. The van der Waals surface area contributed by atoms with E-state index in [-0.39, 0.29) is 29.1 Å². The molecular formula is C19H22N4O8S2.